The fourth-order valence-corrected chi connectivity index (χ4v) is 2.78. The standard InChI is InChI=1S/C13H11F3N2OS/c14-13(15,16)10-4-1-3-9(7-10)8-20(19)12-11(17)5-2-6-18-12/h1-7H,8,17H2. The van der Waals surface area contributed by atoms with Crippen molar-refractivity contribution in [2.45, 2.75) is 17.0 Å². The quantitative estimate of drug-likeness (QED) is 0.948. The smallest absolute Gasteiger partial charge is 0.396 e. The molecule has 106 valence electrons. The molecular formula is C13H11F3N2OS. The highest BCUT2D eigenvalue weighted by Gasteiger charge is 2.30. The van der Waals surface area contributed by atoms with E-state index >= 15 is 0 Å². The molecule has 1 heterocycles. The fourth-order valence-electron chi connectivity index (χ4n) is 1.65. The van der Waals surface area contributed by atoms with Crippen molar-refractivity contribution in [1.29, 1.82) is 0 Å². The third-order valence-corrected chi connectivity index (χ3v) is 3.94. The van der Waals surface area contributed by atoms with E-state index in [1.165, 1.54) is 18.3 Å². The molecule has 20 heavy (non-hydrogen) atoms. The number of nitrogens with two attached hydrogens (primary N) is 1. The summed E-state index contributed by atoms with van der Waals surface area (Å²) in [5.74, 6) is -0.0644. The van der Waals surface area contributed by atoms with E-state index in [-0.39, 0.29) is 16.5 Å². The van der Waals surface area contributed by atoms with Gasteiger partial charge in [-0.15, -0.1) is 0 Å². The number of nitrogens with zero attached hydrogens (tertiary/aromatic N) is 1. The summed E-state index contributed by atoms with van der Waals surface area (Å²) in [7, 11) is -1.58. The van der Waals surface area contributed by atoms with Crippen LogP contribution in [0.1, 0.15) is 11.1 Å². The number of anilines is 1. The zero-order chi connectivity index (χ0) is 14.8. The normalized spacial score (nSPS) is 13.2. The summed E-state index contributed by atoms with van der Waals surface area (Å²) in [6.45, 7) is 0. The average Bonchev–Trinajstić information content (AvgIpc) is 2.38. The summed E-state index contributed by atoms with van der Waals surface area (Å²) in [4.78, 5) is 3.90. The minimum atomic E-state index is -4.42. The highest BCUT2D eigenvalue weighted by molar-refractivity contribution is 7.84. The molecular weight excluding hydrogens is 289 g/mol. The van der Waals surface area contributed by atoms with E-state index in [2.05, 4.69) is 4.98 Å². The van der Waals surface area contributed by atoms with Crippen LogP contribution in [0.15, 0.2) is 47.6 Å². The van der Waals surface area contributed by atoms with E-state index in [4.69, 9.17) is 5.73 Å². The molecule has 2 N–H and O–H groups in total. The monoisotopic (exact) mass is 300 g/mol. The van der Waals surface area contributed by atoms with Crippen LogP contribution in [0, 0.1) is 0 Å². The third-order valence-electron chi connectivity index (χ3n) is 2.57. The average molecular weight is 300 g/mol. The first-order valence-electron chi connectivity index (χ1n) is 5.63. The highest BCUT2D eigenvalue weighted by Crippen LogP contribution is 2.30. The van der Waals surface area contributed by atoms with Crippen molar-refractivity contribution in [3.8, 4) is 0 Å². The SMILES string of the molecule is Nc1cccnc1S(=O)Cc1cccc(C(F)(F)F)c1. The second-order valence-electron chi connectivity index (χ2n) is 4.09. The fraction of sp³-hybridized carbons (Fsp3) is 0.154. The van der Waals surface area contributed by atoms with Crippen LogP contribution < -0.4 is 5.73 Å². The molecule has 1 unspecified atom stereocenters. The van der Waals surface area contributed by atoms with Gasteiger partial charge >= 0.3 is 6.18 Å². The summed E-state index contributed by atoms with van der Waals surface area (Å²) in [5, 5.41) is 0.185. The van der Waals surface area contributed by atoms with E-state index < -0.39 is 22.5 Å². The first-order chi connectivity index (χ1) is 9.38. The van der Waals surface area contributed by atoms with E-state index in [1.54, 1.807) is 12.1 Å². The van der Waals surface area contributed by atoms with E-state index in [0.717, 1.165) is 12.1 Å². The van der Waals surface area contributed by atoms with Crippen molar-refractivity contribution in [1.82, 2.24) is 4.98 Å². The lowest BCUT2D eigenvalue weighted by Crippen LogP contribution is -2.07. The molecule has 0 saturated carbocycles. The van der Waals surface area contributed by atoms with Crippen LogP contribution in [-0.4, -0.2) is 9.19 Å². The van der Waals surface area contributed by atoms with Gasteiger partial charge in [0.25, 0.3) is 0 Å². The summed E-state index contributed by atoms with van der Waals surface area (Å²) in [6.07, 6.45) is -2.97. The molecule has 0 bridgehead atoms. The molecule has 0 aliphatic carbocycles. The van der Waals surface area contributed by atoms with Crippen LogP contribution >= 0.6 is 0 Å². The van der Waals surface area contributed by atoms with Gasteiger partial charge in [-0.2, -0.15) is 13.2 Å². The van der Waals surface area contributed by atoms with Gasteiger partial charge in [0, 0.05) is 6.20 Å². The predicted octanol–water partition coefficient (Wildman–Crippen LogP) is 2.99. The van der Waals surface area contributed by atoms with Crippen LogP contribution in [0.3, 0.4) is 0 Å². The lowest BCUT2D eigenvalue weighted by Gasteiger charge is -2.09. The van der Waals surface area contributed by atoms with Crippen molar-refractivity contribution >= 4 is 16.5 Å². The van der Waals surface area contributed by atoms with Crippen LogP contribution in [0.4, 0.5) is 18.9 Å². The Labute approximate surface area is 116 Å². The van der Waals surface area contributed by atoms with E-state index in [1.807, 2.05) is 0 Å². The third kappa shape index (κ3) is 3.36. The Morgan fingerprint density at radius 3 is 2.60 bits per heavy atom. The Morgan fingerprint density at radius 1 is 1.20 bits per heavy atom. The van der Waals surface area contributed by atoms with Crippen LogP contribution in [-0.2, 0) is 22.7 Å². The molecule has 7 heteroatoms. The summed E-state index contributed by atoms with van der Waals surface area (Å²) in [5.41, 5.74) is 5.46. The van der Waals surface area contributed by atoms with Gasteiger partial charge in [0.15, 0.2) is 0 Å². The number of hydrogen-bond donors (Lipinski definition) is 1. The van der Waals surface area contributed by atoms with Gasteiger partial charge in [0.1, 0.15) is 5.03 Å². The van der Waals surface area contributed by atoms with E-state index in [0.29, 0.717) is 5.56 Å². The van der Waals surface area contributed by atoms with Crippen molar-refractivity contribution < 1.29 is 17.4 Å². The maximum absolute atomic E-state index is 12.6. The van der Waals surface area contributed by atoms with Gasteiger partial charge < -0.3 is 5.73 Å². The molecule has 1 aromatic heterocycles. The molecule has 0 radical (unpaired) electrons. The lowest BCUT2D eigenvalue weighted by atomic mass is 10.1. The highest BCUT2D eigenvalue weighted by atomic mass is 32.2. The Bertz CT molecular complexity index is 644. The molecule has 0 aliphatic rings. The minimum absolute atomic E-state index is 0.0644. The Hall–Kier alpha value is -1.89. The number of nitrogen functional groups attached to an aromatic ring is 1. The van der Waals surface area contributed by atoms with Crippen molar-refractivity contribution in [2.24, 2.45) is 0 Å². The summed E-state index contributed by atoms with van der Waals surface area (Å²) >= 11 is 0. The van der Waals surface area contributed by atoms with Gasteiger partial charge in [-0.05, 0) is 23.8 Å². The van der Waals surface area contributed by atoms with Gasteiger partial charge in [0.05, 0.1) is 27.8 Å². The minimum Gasteiger partial charge on any atom is -0.396 e. The number of alkyl halides is 3. The molecule has 1 atom stereocenters. The van der Waals surface area contributed by atoms with Crippen molar-refractivity contribution in [3.63, 3.8) is 0 Å². The molecule has 2 rings (SSSR count). The van der Waals surface area contributed by atoms with Crippen LogP contribution in [0.25, 0.3) is 0 Å². The molecule has 0 fully saturated rings. The van der Waals surface area contributed by atoms with Gasteiger partial charge in [0.2, 0.25) is 0 Å². The Morgan fingerprint density at radius 2 is 1.95 bits per heavy atom. The molecule has 0 amide bonds. The zero-order valence-electron chi connectivity index (χ0n) is 10.2. The maximum Gasteiger partial charge on any atom is 0.416 e. The molecule has 0 spiro atoms. The maximum atomic E-state index is 12.6. The number of rotatable bonds is 3. The van der Waals surface area contributed by atoms with Crippen molar-refractivity contribution in [2.75, 3.05) is 5.73 Å². The molecule has 1 aromatic carbocycles. The van der Waals surface area contributed by atoms with Gasteiger partial charge in [-0.3, -0.25) is 4.21 Å². The van der Waals surface area contributed by atoms with Gasteiger partial charge in [-0.1, -0.05) is 18.2 Å². The predicted molar refractivity (Wildman–Crippen MR) is 70.2 cm³/mol. The Balaban J connectivity index is 2.23. The second kappa shape index (κ2) is 5.62. The lowest BCUT2D eigenvalue weighted by molar-refractivity contribution is -0.137. The van der Waals surface area contributed by atoms with Crippen molar-refractivity contribution in [3.05, 3.63) is 53.7 Å². The van der Waals surface area contributed by atoms with Crippen LogP contribution in [0.5, 0.6) is 0 Å². The number of hydrogen-bond acceptors (Lipinski definition) is 3. The first-order valence-corrected chi connectivity index (χ1v) is 6.95. The number of aromatic nitrogens is 1. The molecule has 2 aromatic rings. The second-order valence-corrected chi connectivity index (χ2v) is 5.45. The molecule has 0 aliphatic heterocycles. The Kier molecular flexibility index (Phi) is 4.08. The molecule has 0 saturated heterocycles. The van der Waals surface area contributed by atoms with Gasteiger partial charge in [-0.25, -0.2) is 4.98 Å². The largest absolute Gasteiger partial charge is 0.416 e. The summed E-state index contributed by atoms with van der Waals surface area (Å²) < 4.78 is 49.8. The first kappa shape index (κ1) is 14.5. The molecule has 3 nitrogen and oxygen atoms in total. The number of halogens is 3. The van der Waals surface area contributed by atoms with E-state index in [9.17, 15) is 17.4 Å². The van der Waals surface area contributed by atoms with Crippen LogP contribution in [0.2, 0.25) is 0 Å². The number of benzene rings is 1. The number of pyridine rings is 1. The zero-order valence-corrected chi connectivity index (χ0v) is 11.0. The summed E-state index contributed by atoms with van der Waals surface area (Å²) in [6, 6.07) is 7.88. The topological polar surface area (TPSA) is 56.0 Å².